The number of anilines is 1. The number of hydrogen-bond donors (Lipinski definition) is 1. The molecule has 2 aromatic carbocycles. The Morgan fingerprint density at radius 2 is 1.75 bits per heavy atom. The number of carbonyl (C=O) groups is 1. The van der Waals surface area contributed by atoms with Gasteiger partial charge in [-0.05, 0) is 31.0 Å². The van der Waals surface area contributed by atoms with E-state index in [1.54, 1.807) is 24.3 Å². The van der Waals surface area contributed by atoms with Gasteiger partial charge in [-0.2, -0.15) is 0 Å². The second-order valence-electron chi connectivity index (χ2n) is 6.45. The number of aryl methyl sites for hydroxylation is 1. The van der Waals surface area contributed by atoms with Crippen LogP contribution in [0.5, 0.6) is 0 Å². The lowest BCUT2D eigenvalue weighted by Gasteiger charge is -2.05. The zero-order chi connectivity index (χ0) is 20.0. The van der Waals surface area contributed by atoms with E-state index in [4.69, 9.17) is 4.42 Å². The van der Waals surface area contributed by atoms with E-state index >= 15 is 0 Å². The Morgan fingerprint density at radius 1 is 1.04 bits per heavy atom. The standard InChI is InChI=1S/C20H21N3O4S/c1-15-9-11-17(12-10-15)28(25,26)13-5-8-18(24)21-20-23-22-19(27-20)14-16-6-3-2-4-7-16/h2-4,6-7,9-12H,5,8,13-14H2,1H3,(H,21,23,24). The summed E-state index contributed by atoms with van der Waals surface area (Å²) in [6, 6.07) is 16.3. The van der Waals surface area contributed by atoms with Gasteiger partial charge in [0.2, 0.25) is 11.8 Å². The van der Waals surface area contributed by atoms with E-state index in [1.165, 1.54) is 0 Å². The molecule has 1 amide bonds. The fourth-order valence-corrected chi connectivity index (χ4v) is 3.92. The van der Waals surface area contributed by atoms with Gasteiger partial charge in [-0.15, -0.1) is 5.10 Å². The number of nitrogens with one attached hydrogen (secondary N) is 1. The predicted molar refractivity (Wildman–Crippen MR) is 105 cm³/mol. The van der Waals surface area contributed by atoms with Gasteiger partial charge in [-0.3, -0.25) is 10.1 Å². The van der Waals surface area contributed by atoms with Crippen molar-refractivity contribution in [1.29, 1.82) is 0 Å². The van der Waals surface area contributed by atoms with E-state index in [0.717, 1.165) is 11.1 Å². The molecule has 3 rings (SSSR count). The molecule has 0 fully saturated rings. The van der Waals surface area contributed by atoms with Crippen LogP contribution in [0.2, 0.25) is 0 Å². The first-order chi connectivity index (χ1) is 13.4. The molecule has 1 aromatic heterocycles. The second-order valence-corrected chi connectivity index (χ2v) is 8.56. The molecule has 0 spiro atoms. The third kappa shape index (κ3) is 5.50. The number of rotatable bonds is 8. The molecular weight excluding hydrogens is 378 g/mol. The summed E-state index contributed by atoms with van der Waals surface area (Å²) in [6.07, 6.45) is 0.715. The molecule has 146 valence electrons. The van der Waals surface area contributed by atoms with Crippen molar-refractivity contribution in [2.75, 3.05) is 11.1 Å². The molecule has 0 saturated carbocycles. The van der Waals surface area contributed by atoms with Crippen LogP contribution in [0.25, 0.3) is 0 Å². The van der Waals surface area contributed by atoms with E-state index < -0.39 is 9.84 Å². The van der Waals surface area contributed by atoms with Crippen molar-refractivity contribution in [2.24, 2.45) is 0 Å². The molecule has 1 heterocycles. The molecule has 0 bridgehead atoms. The van der Waals surface area contributed by atoms with Gasteiger partial charge < -0.3 is 4.42 Å². The van der Waals surface area contributed by atoms with Crippen molar-refractivity contribution in [3.8, 4) is 0 Å². The van der Waals surface area contributed by atoms with Gasteiger partial charge in [-0.1, -0.05) is 53.1 Å². The van der Waals surface area contributed by atoms with E-state index in [2.05, 4.69) is 15.5 Å². The highest BCUT2D eigenvalue weighted by Gasteiger charge is 2.16. The van der Waals surface area contributed by atoms with Crippen molar-refractivity contribution >= 4 is 21.8 Å². The van der Waals surface area contributed by atoms with Gasteiger partial charge in [0.15, 0.2) is 9.84 Å². The van der Waals surface area contributed by atoms with E-state index in [1.807, 2.05) is 37.3 Å². The first kappa shape index (κ1) is 19.8. The van der Waals surface area contributed by atoms with Crippen LogP contribution in [0, 0.1) is 6.92 Å². The zero-order valence-electron chi connectivity index (χ0n) is 15.5. The normalized spacial score (nSPS) is 11.3. The third-order valence-corrected chi connectivity index (χ3v) is 5.92. The minimum atomic E-state index is -3.41. The van der Waals surface area contributed by atoms with E-state index in [0.29, 0.717) is 12.3 Å². The molecule has 28 heavy (non-hydrogen) atoms. The summed E-state index contributed by atoms with van der Waals surface area (Å²) in [7, 11) is -3.41. The Kier molecular flexibility index (Phi) is 6.20. The number of amides is 1. The Morgan fingerprint density at radius 3 is 2.46 bits per heavy atom. The lowest BCUT2D eigenvalue weighted by Crippen LogP contribution is -2.14. The van der Waals surface area contributed by atoms with Crippen molar-refractivity contribution < 1.29 is 17.6 Å². The summed E-state index contributed by atoms with van der Waals surface area (Å²) in [5, 5.41) is 10.2. The molecule has 0 radical (unpaired) electrons. The fraction of sp³-hybridized carbons (Fsp3) is 0.250. The highest BCUT2D eigenvalue weighted by Crippen LogP contribution is 2.15. The van der Waals surface area contributed by atoms with Crippen LogP contribution < -0.4 is 5.32 Å². The lowest BCUT2D eigenvalue weighted by molar-refractivity contribution is -0.116. The van der Waals surface area contributed by atoms with Crippen molar-refractivity contribution in [3.05, 3.63) is 71.6 Å². The smallest absolute Gasteiger partial charge is 0.322 e. The van der Waals surface area contributed by atoms with Crippen molar-refractivity contribution in [1.82, 2.24) is 10.2 Å². The molecule has 0 aliphatic carbocycles. The van der Waals surface area contributed by atoms with Crippen molar-refractivity contribution in [3.63, 3.8) is 0 Å². The summed E-state index contributed by atoms with van der Waals surface area (Å²) in [6.45, 7) is 1.89. The number of aromatic nitrogens is 2. The van der Waals surface area contributed by atoms with Gasteiger partial charge in [-0.25, -0.2) is 8.42 Å². The number of carbonyl (C=O) groups excluding carboxylic acids is 1. The maximum Gasteiger partial charge on any atom is 0.322 e. The zero-order valence-corrected chi connectivity index (χ0v) is 16.3. The summed E-state index contributed by atoms with van der Waals surface area (Å²) in [5.74, 6) is -0.0792. The first-order valence-corrected chi connectivity index (χ1v) is 10.5. The van der Waals surface area contributed by atoms with Crippen molar-refractivity contribution in [2.45, 2.75) is 31.1 Å². The van der Waals surface area contributed by atoms with Crippen LogP contribution in [-0.4, -0.2) is 30.3 Å². The number of benzene rings is 2. The van der Waals surface area contributed by atoms with Crippen LogP contribution in [0.4, 0.5) is 6.01 Å². The topological polar surface area (TPSA) is 102 Å². The third-order valence-electron chi connectivity index (χ3n) is 4.11. The molecule has 0 unspecified atom stereocenters. The Bertz CT molecular complexity index is 1030. The summed E-state index contributed by atoms with van der Waals surface area (Å²) in [5.41, 5.74) is 2.01. The van der Waals surface area contributed by atoms with Gasteiger partial charge >= 0.3 is 6.01 Å². The second kappa shape index (κ2) is 8.79. The molecule has 0 saturated heterocycles. The quantitative estimate of drug-likeness (QED) is 0.624. The molecule has 8 heteroatoms. The minimum absolute atomic E-state index is 0.0114. The number of nitrogens with zero attached hydrogens (tertiary/aromatic N) is 2. The molecule has 7 nitrogen and oxygen atoms in total. The first-order valence-electron chi connectivity index (χ1n) is 8.88. The predicted octanol–water partition coefficient (Wildman–Crippen LogP) is 3.16. The fourth-order valence-electron chi connectivity index (χ4n) is 2.61. The highest BCUT2D eigenvalue weighted by molar-refractivity contribution is 7.91. The maximum absolute atomic E-state index is 12.3. The average Bonchev–Trinajstić information content (AvgIpc) is 3.09. The SMILES string of the molecule is Cc1ccc(S(=O)(=O)CCCC(=O)Nc2nnc(Cc3ccccc3)o2)cc1. The van der Waals surface area contributed by atoms with Crippen LogP contribution in [-0.2, 0) is 21.1 Å². The monoisotopic (exact) mass is 399 g/mol. The minimum Gasteiger partial charge on any atom is -0.407 e. The van der Waals surface area contributed by atoms with Crippen LogP contribution in [0.3, 0.4) is 0 Å². The molecule has 0 aliphatic heterocycles. The molecule has 0 atom stereocenters. The van der Waals surface area contributed by atoms with Gasteiger partial charge in [0.25, 0.3) is 0 Å². The Balaban J connectivity index is 1.47. The summed E-state index contributed by atoms with van der Waals surface area (Å²) < 4.78 is 30.0. The summed E-state index contributed by atoms with van der Waals surface area (Å²) >= 11 is 0. The van der Waals surface area contributed by atoms with Crippen LogP contribution in [0.1, 0.15) is 29.9 Å². The number of sulfone groups is 1. The highest BCUT2D eigenvalue weighted by atomic mass is 32.2. The molecule has 3 aromatic rings. The van der Waals surface area contributed by atoms with E-state index in [-0.39, 0.29) is 35.4 Å². The van der Waals surface area contributed by atoms with Gasteiger partial charge in [0.05, 0.1) is 17.1 Å². The molecule has 0 aliphatic rings. The van der Waals surface area contributed by atoms with E-state index in [9.17, 15) is 13.2 Å². The molecule has 1 N–H and O–H groups in total. The Hall–Kier alpha value is -3.00. The Labute approximate surface area is 163 Å². The van der Waals surface area contributed by atoms with Gasteiger partial charge in [0.1, 0.15) is 0 Å². The number of hydrogen-bond acceptors (Lipinski definition) is 6. The largest absolute Gasteiger partial charge is 0.407 e. The van der Waals surface area contributed by atoms with Gasteiger partial charge in [0, 0.05) is 6.42 Å². The van der Waals surface area contributed by atoms with Crippen LogP contribution in [0.15, 0.2) is 63.9 Å². The maximum atomic E-state index is 12.3. The lowest BCUT2D eigenvalue weighted by atomic mass is 10.2. The summed E-state index contributed by atoms with van der Waals surface area (Å²) in [4.78, 5) is 12.3. The average molecular weight is 399 g/mol. The van der Waals surface area contributed by atoms with Crippen LogP contribution >= 0.6 is 0 Å². The molecular formula is C20H21N3O4S.